The standard InChI is InChI=1S/C12H14N2.ClH.H3N/c1-3-9-10(4-2)14-12-8-6-5-7-11(12)13-9;;/h5-8H,3-4H2,1-2H3;1H;1H3. The third-order valence-electron chi connectivity index (χ3n) is 2.40. The second-order valence-electron chi connectivity index (χ2n) is 3.31. The molecule has 0 amide bonds. The van der Waals surface area contributed by atoms with Crippen molar-refractivity contribution in [2.75, 3.05) is 0 Å². The molecule has 4 heteroatoms. The zero-order valence-electron chi connectivity index (χ0n) is 9.73. The number of aryl methyl sites for hydroxylation is 2. The first-order valence-corrected chi connectivity index (χ1v) is 5.09. The quantitative estimate of drug-likeness (QED) is 0.874. The fourth-order valence-corrected chi connectivity index (χ4v) is 1.64. The number of para-hydroxylation sites is 2. The molecule has 0 fully saturated rings. The Balaban J connectivity index is 0.00000112. The Bertz CT molecular complexity index is 414. The van der Waals surface area contributed by atoms with Crippen molar-refractivity contribution in [1.82, 2.24) is 16.1 Å². The van der Waals surface area contributed by atoms with E-state index in [1.54, 1.807) is 0 Å². The number of hydrogen-bond acceptors (Lipinski definition) is 3. The maximum absolute atomic E-state index is 4.60. The van der Waals surface area contributed by atoms with E-state index in [1.807, 2.05) is 24.3 Å². The minimum atomic E-state index is 0. The van der Waals surface area contributed by atoms with E-state index >= 15 is 0 Å². The molecule has 0 radical (unpaired) electrons. The predicted molar refractivity (Wildman–Crippen MR) is 70.6 cm³/mol. The molecule has 0 bridgehead atoms. The van der Waals surface area contributed by atoms with Gasteiger partial charge in [-0.05, 0) is 25.0 Å². The predicted octanol–water partition coefficient (Wildman–Crippen LogP) is 3.34. The van der Waals surface area contributed by atoms with Crippen molar-refractivity contribution < 1.29 is 0 Å². The van der Waals surface area contributed by atoms with Gasteiger partial charge < -0.3 is 6.15 Å². The van der Waals surface area contributed by atoms with E-state index in [0.29, 0.717) is 0 Å². The molecule has 16 heavy (non-hydrogen) atoms. The Morgan fingerprint density at radius 2 is 1.25 bits per heavy atom. The van der Waals surface area contributed by atoms with Gasteiger partial charge in [-0.3, -0.25) is 0 Å². The van der Waals surface area contributed by atoms with Crippen molar-refractivity contribution in [3.63, 3.8) is 0 Å². The minimum Gasteiger partial charge on any atom is -0.344 e. The highest BCUT2D eigenvalue weighted by molar-refractivity contribution is 5.85. The van der Waals surface area contributed by atoms with E-state index in [2.05, 4.69) is 23.8 Å². The highest BCUT2D eigenvalue weighted by Gasteiger charge is 2.04. The molecule has 0 aliphatic rings. The lowest BCUT2D eigenvalue weighted by molar-refractivity contribution is 0.930. The van der Waals surface area contributed by atoms with Gasteiger partial charge in [0.05, 0.1) is 22.4 Å². The monoisotopic (exact) mass is 239 g/mol. The van der Waals surface area contributed by atoms with Gasteiger partial charge in [-0.1, -0.05) is 26.0 Å². The van der Waals surface area contributed by atoms with Gasteiger partial charge in [0.2, 0.25) is 0 Å². The van der Waals surface area contributed by atoms with Gasteiger partial charge >= 0.3 is 0 Å². The molecular weight excluding hydrogens is 222 g/mol. The Hall–Kier alpha value is -1.19. The first-order valence-electron chi connectivity index (χ1n) is 5.09. The minimum absolute atomic E-state index is 0. The van der Waals surface area contributed by atoms with Crippen LogP contribution in [-0.2, 0) is 12.8 Å². The molecule has 3 nitrogen and oxygen atoms in total. The van der Waals surface area contributed by atoms with Crippen LogP contribution >= 0.6 is 12.4 Å². The van der Waals surface area contributed by atoms with Crippen LogP contribution in [0.2, 0.25) is 0 Å². The van der Waals surface area contributed by atoms with Gasteiger partial charge in [0.1, 0.15) is 0 Å². The van der Waals surface area contributed by atoms with Crippen LogP contribution in [-0.4, -0.2) is 9.97 Å². The van der Waals surface area contributed by atoms with E-state index in [-0.39, 0.29) is 18.6 Å². The third-order valence-corrected chi connectivity index (χ3v) is 2.40. The summed E-state index contributed by atoms with van der Waals surface area (Å²) in [7, 11) is 0. The number of fused-ring (bicyclic) bond motifs is 1. The molecular formula is C12H18ClN3. The van der Waals surface area contributed by atoms with Gasteiger partial charge in [-0.2, -0.15) is 0 Å². The number of benzene rings is 1. The van der Waals surface area contributed by atoms with E-state index in [0.717, 1.165) is 35.3 Å². The summed E-state index contributed by atoms with van der Waals surface area (Å²) in [4.78, 5) is 9.20. The van der Waals surface area contributed by atoms with Crippen LogP contribution in [0.25, 0.3) is 11.0 Å². The van der Waals surface area contributed by atoms with E-state index < -0.39 is 0 Å². The van der Waals surface area contributed by atoms with Crippen molar-refractivity contribution in [2.24, 2.45) is 0 Å². The lowest BCUT2D eigenvalue weighted by Crippen LogP contribution is -1.99. The fourth-order valence-electron chi connectivity index (χ4n) is 1.64. The zero-order chi connectivity index (χ0) is 9.97. The van der Waals surface area contributed by atoms with Crippen molar-refractivity contribution in [3.8, 4) is 0 Å². The van der Waals surface area contributed by atoms with Gasteiger partial charge in [-0.15, -0.1) is 12.4 Å². The molecule has 0 aliphatic carbocycles. The van der Waals surface area contributed by atoms with Crippen LogP contribution in [0.4, 0.5) is 0 Å². The normalized spacial score (nSPS) is 9.38. The van der Waals surface area contributed by atoms with E-state index in [1.165, 1.54) is 0 Å². The summed E-state index contributed by atoms with van der Waals surface area (Å²) in [5, 5.41) is 0. The van der Waals surface area contributed by atoms with Crippen molar-refractivity contribution in [2.45, 2.75) is 26.7 Å². The van der Waals surface area contributed by atoms with Crippen LogP contribution in [0.3, 0.4) is 0 Å². The Kier molecular flexibility index (Phi) is 5.93. The number of rotatable bonds is 2. The molecule has 0 saturated carbocycles. The highest BCUT2D eigenvalue weighted by atomic mass is 35.5. The molecule has 0 saturated heterocycles. The van der Waals surface area contributed by atoms with Gasteiger partial charge in [0, 0.05) is 0 Å². The molecule has 1 heterocycles. The Morgan fingerprint density at radius 3 is 1.56 bits per heavy atom. The van der Waals surface area contributed by atoms with Gasteiger partial charge in [0.25, 0.3) is 0 Å². The molecule has 0 unspecified atom stereocenters. The summed E-state index contributed by atoms with van der Waals surface area (Å²) in [5.41, 5.74) is 4.26. The molecule has 2 rings (SSSR count). The lowest BCUT2D eigenvalue weighted by atomic mass is 10.2. The number of aromatic nitrogens is 2. The van der Waals surface area contributed by atoms with Crippen LogP contribution < -0.4 is 6.15 Å². The first kappa shape index (κ1) is 14.8. The summed E-state index contributed by atoms with van der Waals surface area (Å²) in [6, 6.07) is 8.03. The average Bonchev–Trinajstić information content (AvgIpc) is 2.27. The average molecular weight is 240 g/mol. The second kappa shape index (κ2) is 6.40. The van der Waals surface area contributed by atoms with Crippen molar-refractivity contribution >= 4 is 23.4 Å². The number of halogens is 1. The molecule has 1 aromatic carbocycles. The molecule has 3 N–H and O–H groups in total. The SMILES string of the molecule is CCc1nc2ccccc2nc1CC.Cl.N. The van der Waals surface area contributed by atoms with Gasteiger partial charge in [-0.25, -0.2) is 9.97 Å². The summed E-state index contributed by atoms with van der Waals surface area (Å²) in [5.74, 6) is 0. The maximum Gasteiger partial charge on any atom is 0.0890 e. The fraction of sp³-hybridized carbons (Fsp3) is 0.333. The van der Waals surface area contributed by atoms with Crippen LogP contribution in [0.5, 0.6) is 0 Å². The van der Waals surface area contributed by atoms with Crippen LogP contribution in [0, 0.1) is 0 Å². The molecule has 1 aromatic heterocycles. The number of nitrogens with zero attached hydrogens (tertiary/aromatic N) is 2. The van der Waals surface area contributed by atoms with Gasteiger partial charge in [0.15, 0.2) is 0 Å². The largest absolute Gasteiger partial charge is 0.344 e. The summed E-state index contributed by atoms with van der Waals surface area (Å²) < 4.78 is 0. The smallest absolute Gasteiger partial charge is 0.0890 e. The second-order valence-corrected chi connectivity index (χ2v) is 3.31. The van der Waals surface area contributed by atoms with Crippen molar-refractivity contribution in [3.05, 3.63) is 35.7 Å². The number of hydrogen-bond donors (Lipinski definition) is 1. The maximum atomic E-state index is 4.60. The zero-order valence-corrected chi connectivity index (χ0v) is 10.5. The Labute approximate surface area is 102 Å². The molecule has 0 aliphatic heterocycles. The molecule has 0 atom stereocenters. The van der Waals surface area contributed by atoms with Crippen LogP contribution in [0.15, 0.2) is 24.3 Å². The lowest BCUT2D eigenvalue weighted by Gasteiger charge is -2.05. The first-order chi connectivity index (χ1) is 6.85. The summed E-state index contributed by atoms with van der Waals surface area (Å²) in [6.07, 6.45) is 1.92. The molecule has 0 spiro atoms. The highest BCUT2D eigenvalue weighted by Crippen LogP contribution is 2.13. The molecule has 88 valence electrons. The summed E-state index contributed by atoms with van der Waals surface area (Å²) in [6.45, 7) is 4.25. The van der Waals surface area contributed by atoms with Crippen molar-refractivity contribution in [1.29, 1.82) is 0 Å². The van der Waals surface area contributed by atoms with E-state index in [9.17, 15) is 0 Å². The summed E-state index contributed by atoms with van der Waals surface area (Å²) >= 11 is 0. The molecule has 2 aromatic rings. The topological polar surface area (TPSA) is 60.8 Å². The van der Waals surface area contributed by atoms with Crippen LogP contribution in [0.1, 0.15) is 25.2 Å². The Morgan fingerprint density at radius 1 is 0.875 bits per heavy atom. The van der Waals surface area contributed by atoms with E-state index in [4.69, 9.17) is 0 Å². The third kappa shape index (κ3) is 2.68.